The Balaban J connectivity index is 2.26. The monoisotopic (exact) mass is 148 g/mol. The van der Waals surface area contributed by atoms with Gasteiger partial charge in [-0.25, -0.2) is 4.39 Å². The van der Waals surface area contributed by atoms with E-state index in [4.69, 9.17) is 4.74 Å². The summed E-state index contributed by atoms with van der Waals surface area (Å²) in [7, 11) is 0. The van der Waals surface area contributed by atoms with Gasteiger partial charge in [0.05, 0.1) is 0 Å². The Labute approximate surface area is 63.1 Å². The van der Waals surface area contributed by atoms with Crippen LogP contribution < -0.4 is 0 Å². The summed E-state index contributed by atoms with van der Waals surface area (Å²) in [5, 5.41) is 0. The third kappa shape index (κ3) is 0.589. The largest absolute Gasteiger partial charge is 0.478 e. The molecule has 2 heteroatoms. The van der Waals surface area contributed by atoms with E-state index in [2.05, 4.69) is 0 Å². The molecule has 0 aromatic heterocycles. The molecule has 0 saturated carbocycles. The fraction of sp³-hybridized carbons (Fsp3) is 0.111. The molecule has 1 aliphatic heterocycles. The Morgan fingerprint density at radius 3 is 3.18 bits per heavy atom. The van der Waals surface area contributed by atoms with Crippen molar-refractivity contribution in [2.45, 2.75) is 6.10 Å². The number of ether oxygens (including phenoxy) is 1. The van der Waals surface area contributed by atoms with Crippen LogP contribution in [0.2, 0.25) is 0 Å². The molecule has 0 radical (unpaired) electrons. The number of halogens is 1. The molecule has 1 saturated heterocycles. The first kappa shape index (κ1) is 5.35. The number of fused-ring (bicyclic) bond motifs is 3. The molecule has 1 aromatic rings. The Kier molecular flexibility index (Phi) is 0.716. The number of hydrogen-bond donors (Lipinski definition) is 0. The molecule has 0 bridgehead atoms. The molecule has 11 heavy (non-hydrogen) atoms. The molecule has 1 atom stereocenters. The van der Waals surface area contributed by atoms with Crippen molar-refractivity contribution in [1.29, 1.82) is 0 Å². The highest BCUT2D eigenvalue weighted by Crippen LogP contribution is 2.50. The molecule has 1 heterocycles. The van der Waals surface area contributed by atoms with Gasteiger partial charge in [-0.3, -0.25) is 0 Å². The van der Waals surface area contributed by atoms with Gasteiger partial charge in [0.15, 0.2) is 6.10 Å². The first-order valence-electron chi connectivity index (χ1n) is 3.52. The van der Waals surface area contributed by atoms with Gasteiger partial charge in [0.2, 0.25) is 0 Å². The molecule has 1 fully saturated rings. The van der Waals surface area contributed by atoms with Crippen molar-refractivity contribution < 1.29 is 9.13 Å². The van der Waals surface area contributed by atoms with Crippen molar-refractivity contribution in [2.24, 2.45) is 0 Å². The van der Waals surface area contributed by atoms with Gasteiger partial charge in [0, 0.05) is 5.56 Å². The normalized spacial score (nSPS) is 23.4. The van der Waals surface area contributed by atoms with Crippen LogP contribution in [0.15, 0.2) is 24.0 Å². The minimum atomic E-state index is -0.186. The topological polar surface area (TPSA) is 12.5 Å². The van der Waals surface area contributed by atoms with Crippen molar-refractivity contribution in [3.63, 3.8) is 0 Å². The average Bonchev–Trinajstić information content (AvgIpc) is 2.67. The zero-order valence-electron chi connectivity index (χ0n) is 5.67. The summed E-state index contributed by atoms with van der Waals surface area (Å²) in [5.74, 6) is 0.791. The predicted molar refractivity (Wildman–Crippen MR) is 38.2 cm³/mol. The molecule has 0 N–H and O–H groups in total. The lowest BCUT2D eigenvalue weighted by atomic mass is 10.1. The maximum atomic E-state index is 12.7. The summed E-state index contributed by atoms with van der Waals surface area (Å²) in [4.78, 5) is 0. The maximum absolute atomic E-state index is 12.7. The fourth-order valence-corrected chi connectivity index (χ4v) is 1.49. The second-order valence-electron chi connectivity index (χ2n) is 2.82. The van der Waals surface area contributed by atoms with Gasteiger partial charge in [-0.1, -0.05) is 6.07 Å². The molecule has 2 aliphatic rings. The van der Waals surface area contributed by atoms with Gasteiger partial charge in [0.1, 0.15) is 11.6 Å². The summed E-state index contributed by atoms with van der Waals surface area (Å²) >= 11 is 0. The van der Waals surface area contributed by atoms with Gasteiger partial charge in [-0.2, -0.15) is 0 Å². The molecular formula is C9H5FO. The lowest BCUT2D eigenvalue weighted by molar-refractivity contribution is 0.433. The number of hydrogen-bond acceptors (Lipinski definition) is 1. The SMILES string of the molecule is Fc1ccc2c(c1)C1OC1=C2. The maximum Gasteiger partial charge on any atom is 0.181 e. The highest BCUT2D eigenvalue weighted by atomic mass is 19.1. The fourth-order valence-electron chi connectivity index (χ4n) is 1.49. The van der Waals surface area contributed by atoms with Crippen LogP contribution in [0.25, 0.3) is 6.08 Å². The second-order valence-corrected chi connectivity index (χ2v) is 2.82. The van der Waals surface area contributed by atoms with Crippen LogP contribution in [0, 0.1) is 5.82 Å². The lowest BCUT2D eigenvalue weighted by Crippen LogP contribution is -1.84. The average molecular weight is 148 g/mol. The van der Waals surface area contributed by atoms with E-state index in [-0.39, 0.29) is 11.9 Å². The molecule has 0 amide bonds. The molecule has 1 aliphatic carbocycles. The smallest absolute Gasteiger partial charge is 0.181 e. The van der Waals surface area contributed by atoms with Gasteiger partial charge in [0.25, 0.3) is 0 Å². The van der Waals surface area contributed by atoms with Crippen LogP contribution in [-0.2, 0) is 4.74 Å². The van der Waals surface area contributed by atoms with Gasteiger partial charge in [-0.15, -0.1) is 0 Å². The third-order valence-corrected chi connectivity index (χ3v) is 2.08. The molecule has 1 nitrogen and oxygen atoms in total. The van der Waals surface area contributed by atoms with Gasteiger partial charge in [-0.05, 0) is 23.8 Å². The van der Waals surface area contributed by atoms with Crippen LogP contribution in [0.1, 0.15) is 17.2 Å². The minimum absolute atomic E-state index is 0.0840. The first-order valence-corrected chi connectivity index (χ1v) is 3.52. The summed E-state index contributed by atoms with van der Waals surface area (Å²) < 4.78 is 17.8. The summed E-state index contributed by atoms with van der Waals surface area (Å²) in [6.45, 7) is 0. The highest BCUT2D eigenvalue weighted by Gasteiger charge is 2.40. The van der Waals surface area contributed by atoms with Crippen molar-refractivity contribution >= 4 is 6.08 Å². The Morgan fingerprint density at radius 2 is 2.27 bits per heavy atom. The van der Waals surface area contributed by atoms with Crippen LogP contribution in [-0.4, -0.2) is 0 Å². The summed E-state index contributed by atoms with van der Waals surface area (Å²) in [6.07, 6.45) is 2.04. The van der Waals surface area contributed by atoms with Crippen molar-refractivity contribution in [1.82, 2.24) is 0 Å². The molecule has 54 valence electrons. The quantitative estimate of drug-likeness (QED) is 0.514. The third-order valence-electron chi connectivity index (χ3n) is 2.08. The van der Waals surface area contributed by atoms with E-state index in [0.717, 1.165) is 16.9 Å². The first-order chi connectivity index (χ1) is 5.34. The van der Waals surface area contributed by atoms with E-state index in [1.165, 1.54) is 12.1 Å². The second kappa shape index (κ2) is 1.47. The standard InChI is InChI=1S/C9H5FO/c10-6-2-1-5-3-8-9(11-8)7(5)4-6/h1-4,9H. The molecule has 0 spiro atoms. The van der Waals surface area contributed by atoms with Gasteiger partial charge < -0.3 is 4.74 Å². The molecule has 1 unspecified atom stereocenters. The van der Waals surface area contributed by atoms with Gasteiger partial charge >= 0.3 is 0 Å². The van der Waals surface area contributed by atoms with Crippen LogP contribution in [0.4, 0.5) is 4.39 Å². The lowest BCUT2D eigenvalue weighted by Gasteiger charge is -1.97. The number of benzene rings is 1. The zero-order chi connectivity index (χ0) is 7.42. The van der Waals surface area contributed by atoms with Crippen molar-refractivity contribution in [2.75, 3.05) is 0 Å². The Bertz CT molecular complexity index is 368. The van der Waals surface area contributed by atoms with E-state index in [1.54, 1.807) is 6.07 Å². The Morgan fingerprint density at radius 1 is 1.36 bits per heavy atom. The highest BCUT2D eigenvalue weighted by molar-refractivity contribution is 5.68. The van der Waals surface area contributed by atoms with E-state index in [9.17, 15) is 4.39 Å². The molecule has 3 rings (SSSR count). The zero-order valence-corrected chi connectivity index (χ0v) is 5.67. The van der Waals surface area contributed by atoms with E-state index in [0.29, 0.717) is 0 Å². The predicted octanol–water partition coefficient (Wildman–Crippen LogP) is 2.25. The molecule has 1 aromatic carbocycles. The van der Waals surface area contributed by atoms with E-state index >= 15 is 0 Å². The van der Waals surface area contributed by atoms with Crippen LogP contribution in [0.3, 0.4) is 0 Å². The van der Waals surface area contributed by atoms with E-state index in [1.807, 2.05) is 6.08 Å². The number of epoxide rings is 1. The Hall–Kier alpha value is -1.31. The van der Waals surface area contributed by atoms with Crippen LogP contribution >= 0.6 is 0 Å². The minimum Gasteiger partial charge on any atom is -0.478 e. The molecular weight excluding hydrogens is 143 g/mol. The van der Waals surface area contributed by atoms with Crippen molar-refractivity contribution in [3.05, 3.63) is 40.9 Å². The van der Waals surface area contributed by atoms with E-state index < -0.39 is 0 Å². The van der Waals surface area contributed by atoms with Crippen molar-refractivity contribution in [3.8, 4) is 0 Å². The summed E-state index contributed by atoms with van der Waals surface area (Å²) in [5.41, 5.74) is 2.07. The van der Waals surface area contributed by atoms with Crippen LogP contribution in [0.5, 0.6) is 0 Å². The number of rotatable bonds is 0. The summed E-state index contributed by atoms with van der Waals surface area (Å²) in [6, 6.07) is 4.80.